The molecule has 0 bridgehead atoms. The number of hydrogen-bond donors (Lipinski definition) is 0. The monoisotopic (exact) mass is 597 g/mol. The lowest BCUT2D eigenvalue weighted by molar-refractivity contribution is 1.18. The topological polar surface area (TPSA) is 13.8 Å². The highest BCUT2D eigenvalue weighted by molar-refractivity contribution is 6.25. The fraction of sp³-hybridized carbons (Fsp3) is 0. The quantitative estimate of drug-likeness (QED) is 0.179. The predicted molar refractivity (Wildman–Crippen MR) is 199 cm³/mol. The molecule has 47 heavy (non-hydrogen) atoms. The highest BCUT2D eigenvalue weighted by Gasteiger charge is 2.21. The van der Waals surface area contributed by atoms with Crippen LogP contribution in [0.25, 0.3) is 92.9 Å². The van der Waals surface area contributed by atoms with E-state index in [1.54, 1.807) is 0 Å². The second-order valence-corrected chi connectivity index (χ2v) is 12.5. The maximum atomic E-state index is 2.51. The van der Waals surface area contributed by atoms with Gasteiger partial charge in [-0.15, -0.1) is 0 Å². The van der Waals surface area contributed by atoms with E-state index in [1.165, 1.54) is 87.2 Å². The van der Waals surface area contributed by atoms with Crippen LogP contribution in [0, 0.1) is 0 Å². The summed E-state index contributed by atoms with van der Waals surface area (Å²) in [6, 6.07) is 60.1. The van der Waals surface area contributed by atoms with E-state index < -0.39 is 0 Å². The first-order chi connectivity index (χ1) is 23.4. The highest BCUT2D eigenvalue weighted by atomic mass is 15.1. The van der Waals surface area contributed by atoms with Gasteiger partial charge >= 0.3 is 0 Å². The number of benzene rings is 7. The third kappa shape index (κ3) is 3.20. The molecule has 218 valence electrons. The average molecular weight is 598 g/mol. The van der Waals surface area contributed by atoms with Crippen molar-refractivity contribution in [2.75, 3.05) is 0 Å². The van der Waals surface area contributed by atoms with Gasteiger partial charge in [-0.1, -0.05) is 115 Å². The van der Waals surface area contributed by atoms with Crippen LogP contribution in [0.15, 0.2) is 164 Å². The Morgan fingerprint density at radius 1 is 0.277 bits per heavy atom. The molecule has 0 saturated carbocycles. The largest absolute Gasteiger partial charge is 0.309 e. The summed E-state index contributed by atoms with van der Waals surface area (Å²) in [5, 5.41) is 11.2. The van der Waals surface area contributed by atoms with E-state index in [9.17, 15) is 0 Å². The number of rotatable bonds is 1. The minimum Gasteiger partial charge on any atom is -0.309 e. The third-order valence-corrected chi connectivity index (χ3v) is 10.2. The SMILES string of the molecule is c1ccc2c(c1)c1ccccc1n1c3ccccc3c3c4cc(-n5c6ccccc6c6ccccc65)ccc4n(c4ccccc24)c31. The summed E-state index contributed by atoms with van der Waals surface area (Å²) < 4.78 is 7.43. The molecule has 0 unspecified atom stereocenters. The van der Waals surface area contributed by atoms with Crippen LogP contribution in [0.2, 0.25) is 0 Å². The molecule has 0 aliphatic heterocycles. The van der Waals surface area contributed by atoms with Gasteiger partial charge in [0.25, 0.3) is 0 Å². The van der Waals surface area contributed by atoms with Crippen LogP contribution in [0.4, 0.5) is 0 Å². The molecule has 0 aliphatic rings. The molecule has 3 heteroatoms. The first kappa shape index (κ1) is 24.9. The van der Waals surface area contributed by atoms with Crippen molar-refractivity contribution in [1.29, 1.82) is 0 Å². The van der Waals surface area contributed by atoms with Gasteiger partial charge in [0.1, 0.15) is 5.65 Å². The maximum Gasteiger partial charge on any atom is 0.131 e. The van der Waals surface area contributed by atoms with Crippen molar-refractivity contribution in [3.8, 4) is 5.69 Å². The molecule has 0 spiro atoms. The molecule has 11 rings (SSSR count). The zero-order valence-electron chi connectivity index (χ0n) is 25.4. The van der Waals surface area contributed by atoms with Crippen molar-refractivity contribution in [1.82, 2.24) is 13.4 Å². The Kier molecular flexibility index (Phi) is 4.84. The fourth-order valence-corrected chi connectivity index (χ4v) is 8.31. The first-order valence-electron chi connectivity index (χ1n) is 16.2. The standard InChI is InChI=1S/C44H27N3/c1-2-14-30-29(13-1)31-15-3-10-22-39(31)46-41-24-12-7-19-35(41)43-36-27-28(25-26-42(36)47(44(43)46)40-23-11-4-16-32(30)40)45-37-20-8-5-17-33(37)34-18-6-9-21-38(34)45/h1-27H. The van der Waals surface area contributed by atoms with Crippen molar-refractivity contribution in [3.63, 3.8) is 0 Å². The number of aromatic nitrogens is 3. The van der Waals surface area contributed by atoms with Gasteiger partial charge in [-0.25, -0.2) is 0 Å². The van der Waals surface area contributed by atoms with Crippen LogP contribution in [0.1, 0.15) is 0 Å². The number of nitrogens with zero attached hydrogens (tertiary/aromatic N) is 3. The Balaban J connectivity index is 1.45. The number of fused-ring (bicyclic) bond motifs is 16. The van der Waals surface area contributed by atoms with E-state index >= 15 is 0 Å². The molecular formula is C44H27N3. The summed E-state index contributed by atoms with van der Waals surface area (Å²) in [7, 11) is 0. The molecule has 0 saturated heterocycles. The third-order valence-electron chi connectivity index (χ3n) is 10.2. The van der Waals surface area contributed by atoms with Gasteiger partial charge in [-0.05, 0) is 59.3 Å². The molecule has 0 amide bonds. The predicted octanol–water partition coefficient (Wildman–Crippen LogP) is 11.6. The smallest absolute Gasteiger partial charge is 0.131 e. The fourth-order valence-electron chi connectivity index (χ4n) is 8.31. The lowest BCUT2D eigenvalue weighted by atomic mass is 10.0. The second kappa shape index (κ2) is 9.12. The van der Waals surface area contributed by atoms with E-state index in [-0.39, 0.29) is 0 Å². The Morgan fingerprint density at radius 2 is 0.638 bits per heavy atom. The molecule has 7 aromatic carbocycles. The van der Waals surface area contributed by atoms with E-state index in [4.69, 9.17) is 0 Å². The summed E-state index contributed by atoms with van der Waals surface area (Å²) in [6.07, 6.45) is 0. The van der Waals surface area contributed by atoms with Crippen molar-refractivity contribution in [2.24, 2.45) is 0 Å². The summed E-state index contributed by atoms with van der Waals surface area (Å²) in [6.45, 7) is 0. The van der Waals surface area contributed by atoms with Crippen molar-refractivity contribution in [2.45, 2.75) is 0 Å². The van der Waals surface area contributed by atoms with E-state index in [0.29, 0.717) is 0 Å². The summed E-state index contributed by atoms with van der Waals surface area (Å²) in [5.41, 5.74) is 9.56. The van der Waals surface area contributed by atoms with Crippen LogP contribution >= 0.6 is 0 Å². The van der Waals surface area contributed by atoms with Gasteiger partial charge in [0.05, 0.1) is 33.1 Å². The Labute approximate surface area is 269 Å². The minimum atomic E-state index is 1.16. The Morgan fingerprint density at radius 3 is 1.15 bits per heavy atom. The Bertz CT molecular complexity index is 3080. The Hall–Kier alpha value is -6.32. The van der Waals surface area contributed by atoms with Crippen LogP contribution < -0.4 is 0 Å². The van der Waals surface area contributed by atoms with Gasteiger partial charge in [0.2, 0.25) is 0 Å². The molecule has 0 atom stereocenters. The molecule has 3 nitrogen and oxygen atoms in total. The highest BCUT2D eigenvalue weighted by Crippen LogP contribution is 2.42. The summed E-state index contributed by atoms with van der Waals surface area (Å²) in [4.78, 5) is 0. The number of hydrogen-bond acceptors (Lipinski definition) is 0. The summed E-state index contributed by atoms with van der Waals surface area (Å²) in [5.74, 6) is 0. The zero-order valence-corrected chi connectivity index (χ0v) is 25.4. The molecule has 0 radical (unpaired) electrons. The zero-order chi connectivity index (χ0) is 30.6. The molecule has 0 fully saturated rings. The summed E-state index contributed by atoms with van der Waals surface area (Å²) >= 11 is 0. The van der Waals surface area contributed by atoms with Gasteiger partial charge in [0.15, 0.2) is 0 Å². The lowest BCUT2D eigenvalue weighted by Gasteiger charge is -2.09. The molecular weight excluding hydrogens is 571 g/mol. The van der Waals surface area contributed by atoms with E-state index in [1.807, 2.05) is 0 Å². The van der Waals surface area contributed by atoms with Gasteiger partial charge in [-0.3, -0.25) is 8.80 Å². The molecule has 11 aromatic rings. The van der Waals surface area contributed by atoms with Gasteiger partial charge < -0.3 is 4.57 Å². The molecule has 4 heterocycles. The van der Waals surface area contributed by atoms with Crippen LogP contribution in [0.5, 0.6) is 0 Å². The molecule has 0 aliphatic carbocycles. The van der Waals surface area contributed by atoms with Crippen LogP contribution in [-0.2, 0) is 0 Å². The molecule has 4 aromatic heterocycles. The maximum absolute atomic E-state index is 2.51. The first-order valence-corrected chi connectivity index (χ1v) is 16.2. The normalized spacial score (nSPS) is 12.3. The lowest BCUT2D eigenvalue weighted by Crippen LogP contribution is -1.94. The number of para-hydroxylation sites is 5. The van der Waals surface area contributed by atoms with Gasteiger partial charge in [0, 0.05) is 43.4 Å². The van der Waals surface area contributed by atoms with E-state index in [0.717, 1.165) is 5.69 Å². The van der Waals surface area contributed by atoms with E-state index in [2.05, 4.69) is 177 Å². The molecule has 0 N–H and O–H groups in total. The van der Waals surface area contributed by atoms with Crippen molar-refractivity contribution >= 4 is 87.2 Å². The van der Waals surface area contributed by atoms with Crippen LogP contribution in [-0.4, -0.2) is 13.4 Å². The van der Waals surface area contributed by atoms with Gasteiger partial charge in [-0.2, -0.15) is 0 Å². The average Bonchev–Trinajstić information content (AvgIpc) is 3.77. The van der Waals surface area contributed by atoms with Crippen molar-refractivity contribution < 1.29 is 0 Å². The van der Waals surface area contributed by atoms with Crippen LogP contribution in [0.3, 0.4) is 0 Å². The van der Waals surface area contributed by atoms with Crippen molar-refractivity contribution in [3.05, 3.63) is 164 Å². The minimum absolute atomic E-state index is 1.16. The second-order valence-electron chi connectivity index (χ2n) is 12.5.